The first kappa shape index (κ1) is 17.9. The lowest BCUT2D eigenvalue weighted by Gasteiger charge is -2.20. The number of carbonyl (C=O) groups excluding carboxylic acids is 1. The molecule has 0 unspecified atom stereocenters. The molecule has 1 amide bonds. The highest BCUT2D eigenvalue weighted by Crippen LogP contribution is 2.33. The topological polar surface area (TPSA) is 66.5 Å². The van der Waals surface area contributed by atoms with Gasteiger partial charge in [-0.3, -0.25) is 4.79 Å². The number of hydrogen-bond acceptors (Lipinski definition) is 3. The molecule has 7 heteroatoms. The average molecular weight is 379 g/mol. The van der Waals surface area contributed by atoms with Gasteiger partial charge in [-0.1, -0.05) is 23.7 Å². The molecule has 1 aliphatic rings. The Bertz CT molecular complexity index is 910. The second kappa shape index (κ2) is 6.78. The predicted molar refractivity (Wildman–Crippen MR) is 98.2 cm³/mol. The van der Waals surface area contributed by atoms with Gasteiger partial charge in [0.05, 0.1) is 4.90 Å². The minimum atomic E-state index is -3.63. The number of anilines is 1. The van der Waals surface area contributed by atoms with Crippen LogP contribution in [0, 0.1) is 0 Å². The van der Waals surface area contributed by atoms with Gasteiger partial charge in [-0.05, 0) is 54.8 Å². The van der Waals surface area contributed by atoms with E-state index in [-0.39, 0.29) is 23.4 Å². The van der Waals surface area contributed by atoms with Gasteiger partial charge in [-0.2, -0.15) is 0 Å². The molecular weight excluding hydrogens is 360 g/mol. The van der Waals surface area contributed by atoms with Crippen LogP contribution in [0.25, 0.3) is 0 Å². The molecule has 0 saturated heterocycles. The zero-order chi connectivity index (χ0) is 18.2. The highest BCUT2D eigenvalue weighted by Gasteiger charge is 2.30. The molecule has 25 heavy (non-hydrogen) atoms. The number of halogens is 1. The summed E-state index contributed by atoms with van der Waals surface area (Å²) in [5, 5.41) is 0.606. The van der Waals surface area contributed by atoms with Crippen LogP contribution < -0.4 is 9.62 Å². The number of sulfonamides is 1. The number of benzene rings is 2. The van der Waals surface area contributed by atoms with Gasteiger partial charge >= 0.3 is 0 Å². The molecule has 0 aromatic heterocycles. The van der Waals surface area contributed by atoms with E-state index in [9.17, 15) is 13.2 Å². The van der Waals surface area contributed by atoms with Crippen LogP contribution >= 0.6 is 11.6 Å². The maximum absolute atomic E-state index is 12.6. The Morgan fingerprint density at radius 1 is 1.24 bits per heavy atom. The van der Waals surface area contributed by atoms with E-state index in [1.54, 1.807) is 41.3 Å². The van der Waals surface area contributed by atoms with Crippen LogP contribution in [0.5, 0.6) is 0 Å². The van der Waals surface area contributed by atoms with Gasteiger partial charge in [-0.25, -0.2) is 13.1 Å². The Morgan fingerprint density at radius 2 is 1.92 bits per heavy atom. The number of carbonyl (C=O) groups is 1. The number of fused-ring (bicyclic) bond motifs is 1. The van der Waals surface area contributed by atoms with Crippen molar-refractivity contribution >= 4 is 33.2 Å². The first-order valence-corrected chi connectivity index (χ1v) is 9.81. The van der Waals surface area contributed by atoms with Crippen LogP contribution in [-0.2, 0) is 27.8 Å². The first-order chi connectivity index (χ1) is 11.8. The van der Waals surface area contributed by atoms with Crippen molar-refractivity contribution in [1.82, 2.24) is 4.72 Å². The van der Waals surface area contributed by atoms with E-state index >= 15 is 0 Å². The van der Waals surface area contributed by atoms with Gasteiger partial charge in [0.25, 0.3) is 0 Å². The molecule has 0 fully saturated rings. The van der Waals surface area contributed by atoms with Crippen molar-refractivity contribution in [2.24, 2.45) is 0 Å². The predicted octanol–water partition coefficient (Wildman–Crippen LogP) is 3.12. The molecular formula is C18H19ClN2O3S. The largest absolute Gasteiger partial charge is 0.309 e. The number of rotatable bonds is 4. The zero-order valence-corrected chi connectivity index (χ0v) is 15.6. The van der Waals surface area contributed by atoms with Gasteiger partial charge in [0.2, 0.25) is 15.9 Å². The second-order valence-corrected chi connectivity index (χ2v) is 8.39. The highest BCUT2D eigenvalue weighted by atomic mass is 35.5. The molecule has 0 spiro atoms. The molecule has 2 aromatic rings. The third kappa shape index (κ3) is 3.71. The lowest BCUT2D eigenvalue weighted by molar-refractivity contribution is -0.116. The summed E-state index contributed by atoms with van der Waals surface area (Å²) in [6.07, 6.45) is 0.648. The standard InChI is InChI=1S/C18H19ClN2O3S/c1-12-9-15-10-17(7-8-18(15)21(12)13(2)22)25(23,24)20-11-14-3-5-16(19)6-4-14/h3-8,10,12,20H,9,11H2,1-2H3/t12-/m1/s1. The Morgan fingerprint density at radius 3 is 2.56 bits per heavy atom. The van der Waals surface area contributed by atoms with E-state index < -0.39 is 10.0 Å². The lowest BCUT2D eigenvalue weighted by atomic mass is 10.1. The molecule has 1 heterocycles. The van der Waals surface area contributed by atoms with E-state index in [0.29, 0.717) is 11.4 Å². The summed E-state index contributed by atoms with van der Waals surface area (Å²) in [4.78, 5) is 13.7. The van der Waals surface area contributed by atoms with Crippen molar-refractivity contribution in [1.29, 1.82) is 0 Å². The van der Waals surface area contributed by atoms with E-state index in [0.717, 1.165) is 16.8 Å². The van der Waals surface area contributed by atoms with Crippen molar-refractivity contribution in [3.8, 4) is 0 Å². The number of nitrogens with zero attached hydrogens (tertiary/aromatic N) is 1. The van der Waals surface area contributed by atoms with Gasteiger partial charge < -0.3 is 4.90 Å². The summed E-state index contributed by atoms with van der Waals surface area (Å²) < 4.78 is 27.7. The summed E-state index contributed by atoms with van der Waals surface area (Å²) in [5.41, 5.74) is 2.49. The van der Waals surface area contributed by atoms with Crippen molar-refractivity contribution in [3.63, 3.8) is 0 Å². The monoisotopic (exact) mass is 378 g/mol. The van der Waals surface area contributed by atoms with Crippen LogP contribution in [0.1, 0.15) is 25.0 Å². The van der Waals surface area contributed by atoms with E-state index in [4.69, 9.17) is 11.6 Å². The molecule has 0 saturated carbocycles. The third-order valence-electron chi connectivity index (χ3n) is 4.30. The van der Waals surface area contributed by atoms with Crippen molar-refractivity contribution in [2.45, 2.75) is 37.8 Å². The second-order valence-electron chi connectivity index (χ2n) is 6.18. The fourth-order valence-electron chi connectivity index (χ4n) is 3.12. The zero-order valence-electron chi connectivity index (χ0n) is 14.0. The molecule has 3 rings (SSSR count). The fourth-order valence-corrected chi connectivity index (χ4v) is 4.31. The van der Waals surface area contributed by atoms with E-state index in [1.807, 2.05) is 6.92 Å². The number of amides is 1. The molecule has 1 atom stereocenters. The van der Waals surface area contributed by atoms with Crippen molar-refractivity contribution in [3.05, 3.63) is 58.6 Å². The Balaban J connectivity index is 1.81. The van der Waals surface area contributed by atoms with E-state index in [2.05, 4.69) is 4.72 Å². The Kier molecular flexibility index (Phi) is 4.86. The van der Waals surface area contributed by atoms with Gasteiger partial charge in [0.1, 0.15) is 0 Å². The molecule has 0 bridgehead atoms. The lowest BCUT2D eigenvalue weighted by Crippen LogP contribution is -2.33. The minimum Gasteiger partial charge on any atom is -0.309 e. The molecule has 2 aromatic carbocycles. The summed E-state index contributed by atoms with van der Waals surface area (Å²) in [6, 6.07) is 11.9. The first-order valence-electron chi connectivity index (χ1n) is 7.95. The van der Waals surface area contributed by atoms with Crippen molar-refractivity contribution in [2.75, 3.05) is 4.90 Å². The van der Waals surface area contributed by atoms with Crippen LogP contribution in [0.4, 0.5) is 5.69 Å². The molecule has 0 aliphatic carbocycles. The normalized spacial score (nSPS) is 16.8. The number of nitrogens with one attached hydrogen (secondary N) is 1. The average Bonchev–Trinajstić information content (AvgIpc) is 2.89. The van der Waals surface area contributed by atoms with Crippen LogP contribution in [0.3, 0.4) is 0 Å². The summed E-state index contributed by atoms with van der Waals surface area (Å²) in [6.45, 7) is 3.66. The van der Waals surface area contributed by atoms with Crippen LogP contribution in [0.15, 0.2) is 47.4 Å². The van der Waals surface area contributed by atoms with Gasteiger partial charge in [0.15, 0.2) is 0 Å². The van der Waals surface area contributed by atoms with Crippen LogP contribution in [0.2, 0.25) is 5.02 Å². The molecule has 5 nitrogen and oxygen atoms in total. The summed E-state index contributed by atoms with van der Waals surface area (Å²) in [7, 11) is -3.63. The quantitative estimate of drug-likeness (QED) is 0.888. The molecule has 1 N–H and O–H groups in total. The SMILES string of the molecule is CC(=O)N1c2ccc(S(=O)(=O)NCc3ccc(Cl)cc3)cc2C[C@H]1C. The minimum absolute atomic E-state index is 0.0347. The Hall–Kier alpha value is -1.89. The molecule has 0 radical (unpaired) electrons. The van der Waals surface area contributed by atoms with Crippen LogP contribution in [-0.4, -0.2) is 20.4 Å². The Labute approximate surface area is 152 Å². The molecule has 1 aliphatic heterocycles. The van der Waals surface area contributed by atoms with Gasteiger partial charge in [-0.15, -0.1) is 0 Å². The molecule has 132 valence electrons. The smallest absolute Gasteiger partial charge is 0.240 e. The highest BCUT2D eigenvalue weighted by molar-refractivity contribution is 7.89. The summed E-state index contributed by atoms with van der Waals surface area (Å²) >= 11 is 5.83. The van der Waals surface area contributed by atoms with Gasteiger partial charge in [0, 0.05) is 30.2 Å². The maximum Gasteiger partial charge on any atom is 0.240 e. The maximum atomic E-state index is 12.6. The third-order valence-corrected chi connectivity index (χ3v) is 5.95. The number of hydrogen-bond donors (Lipinski definition) is 1. The summed E-state index contributed by atoms with van der Waals surface area (Å²) in [5.74, 6) is -0.0391. The fraction of sp³-hybridized carbons (Fsp3) is 0.278. The van der Waals surface area contributed by atoms with E-state index in [1.165, 1.54) is 13.0 Å². The van der Waals surface area contributed by atoms with Crippen molar-refractivity contribution < 1.29 is 13.2 Å².